The zero-order chi connectivity index (χ0) is 27.5. The summed E-state index contributed by atoms with van der Waals surface area (Å²) in [5, 5.41) is 11.9. The van der Waals surface area contributed by atoms with E-state index in [0.29, 0.717) is 23.7 Å². The molecule has 3 heterocycles. The van der Waals surface area contributed by atoms with Gasteiger partial charge in [-0.25, -0.2) is 13.8 Å². The maximum Gasteiger partial charge on any atom is 0.219 e. The van der Waals surface area contributed by atoms with Crippen molar-refractivity contribution < 1.29 is 13.5 Å². The molecule has 1 fully saturated rings. The van der Waals surface area contributed by atoms with Gasteiger partial charge in [-0.15, -0.1) is 0 Å². The minimum absolute atomic E-state index is 0.168. The van der Waals surface area contributed by atoms with Crippen LogP contribution in [0.15, 0.2) is 72.9 Å². The Hall–Kier alpha value is -4.30. The van der Waals surface area contributed by atoms with E-state index < -0.39 is 0 Å². The topological polar surface area (TPSA) is 66.1 Å². The van der Waals surface area contributed by atoms with Gasteiger partial charge in [0, 0.05) is 18.0 Å². The number of aromatic nitrogens is 3. The quantitative estimate of drug-likeness (QED) is 0.213. The van der Waals surface area contributed by atoms with Crippen LogP contribution in [0.1, 0.15) is 36.1 Å². The fourth-order valence-corrected chi connectivity index (χ4v) is 5.23. The van der Waals surface area contributed by atoms with Crippen LogP contribution in [0.25, 0.3) is 22.0 Å². The Kier molecular flexibility index (Phi) is 7.42. The molecule has 0 spiro atoms. The number of halogens is 2. The van der Waals surface area contributed by atoms with Crippen LogP contribution in [-0.2, 0) is 13.1 Å². The van der Waals surface area contributed by atoms with Gasteiger partial charge < -0.3 is 10.1 Å². The minimum atomic E-state index is -0.318. The third kappa shape index (κ3) is 5.82. The lowest BCUT2D eigenvalue weighted by atomic mass is 9.96. The summed E-state index contributed by atoms with van der Waals surface area (Å²) in [4.78, 5) is 6.75. The third-order valence-corrected chi connectivity index (χ3v) is 7.44. The molecule has 40 heavy (non-hydrogen) atoms. The summed E-state index contributed by atoms with van der Waals surface area (Å²) < 4.78 is 33.8. The highest BCUT2D eigenvalue weighted by Crippen LogP contribution is 2.31. The second kappa shape index (κ2) is 11.4. The van der Waals surface area contributed by atoms with E-state index in [-0.39, 0.29) is 11.6 Å². The maximum atomic E-state index is 15.0. The van der Waals surface area contributed by atoms with Gasteiger partial charge in [-0.1, -0.05) is 12.5 Å². The first-order chi connectivity index (χ1) is 19.5. The number of hydrogen-bond donors (Lipinski definition) is 2. The van der Waals surface area contributed by atoms with Gasteiger partial charge in [-0.2, -0.15) is 5.10 Å². The van der Waals surface area contributed by atoms with Crippen LogP contribution in [0.5, 0.6) is 11.6 Å². The Bertz CT molecular complexity index is 1610. The Morgan fingerprint density at radius 3 is 2.55 bits per heavy atom. The number of ether oxygens (including phenoxy) is 1. The first-order valence-corrected chi connectivity index (χ1v) is 13.6. The molecule has 1 aliphatic rings. The molecule has 0 unspecified atom stereocenters. The third-order valence-electron chi connectivity index (χ3n) is 7.44. The molecule has 2 aromatic heterocycles. The van der Waals surface area contributed by atoms with E-state index in [1.54, 1.807) is 30.5 Å². The Labute approximate surface area is 232 Å². The Morgan fingerprint density at radius 2 is 1.77 bits per heavy atom. The van der Waals surface area contributed by atoms with Crippen molar-refractivity contribution in [3.05, 3.63) is 101 Å². The lowest BCUT2D eigenvalue weighted by Crippen LogP contribution is -2.29. The van der Waals surface area contributed by atoms with E-state index in [0.717, 1.165) is 58.6 Å². The summed E-state index contributed by atoms with van der Waals surface area (Å²) in [6.07, 6.45) is 5.38. The van der Waals surface area contributed by atoms with Crippen molar-refractivity contribution in [3.8, 4) is 22.8 Å². The smallest absolute Gasteiger partial charge is 0.219 e. The second-order valence-electron chi connectivity index (χ2n) is 10.3. The van der Waals surface area contributed by atoms with E-state index in [9.17, 15) is 4.39 Å². The van der Waals surface area contributed by atoms with Crippen molar-refractivity contribution in [2.24, 2.45) is 0 Å². The normalized spacial score (nSPS) is 14.0. The van der Waals surface area contributed by atoms with Gasteiger partial charge in [0.05, 0.1) is 29.6 Å². The number of likely N-dealkylation sites (tertiary alicyclic amines) is 1. The molecule has 0 atom stereocenters. The van der Waals surface area contributed by atoms with Crippen LogP contribution in [-0.4, -0.2) is 33.2 Å². The number of H-pyrrole nitrogens is 1. The van der Waals surface area contributed by atoms with Gasteiger partial charge >= 0.3 is 0 Å². The summed E-state index contributed by atoms with van der Waals surface area (Å²) in [6, 6.07) is 19.3. The molecule has 1 saturated heterocycles. The zero-order valence-electron chi connectivity index (χ0n) is 22.4. The van der Waals surface area contributed by atoms with Crippen molar-refractivity contribution >= 4 is 16.6 Å². The molecule has 0 bridgehead atoms. The molecule has 1 aliphatic heterocycles. The highest BCUT2D eigenvalue weighted by molar-refractivity contribution is 5.87. The van der Waals surface area contributed by atoms with Gasteiger partial charge in [0.25, 0.3) is 0 Å². The number of nitrogens with zero attached hydrogens (tertiary/aromatic N) is 3. The Morgan fingerprint density at radius 1 is 0.950 bits per heavy atom. The number of rotatable bonds is 8. The molecule has 0 amide bonds. The summed E-state index contributed by atoms with van der Waals surface area (Å²) in [7, 11) is 0. The highest BCUT2D eigenvalue weighted by Gasteiger charge is 2.15. The number of aromatic amines is 1. The molecule has 204 valence electrons. The standard InChI is InChI=1S/C32H31F2N5O/c1-21-27(15-22(16-29(21)34)20-39-13-3-2-4-14-39)23-5-11-30-28(17-23)31(38-37-30)19-35-25-8-12-32(36-18-25)40-26-9-6-24(33)7-10-26/h5-12,15-18,35H,2-4,13-14,19-20H2,1H3,(H,37,38). The zero-order valence-corrected chi connectivity index (χ0v) is 22.4. The van der Waals surface area contributed by atoms with E-state index in [4.69, 9.17) is 4.74 Å². The second-order valence-corrected chi connectivity index (χ2v) is 10.3. The fraction of sp³-hybridized carbons (Fsp3) is 0.250. The van der Waals surface area contributed by atoms with Crippen LogP contribution in [0.2, 0.25) is 0 Å². The largest absolute Gasteiger partial charge is 0.439 e. The highest BCUT2D eigenvalue weighted by atomic mass is 19.1. The monoisotopic (exact) mass is 539 g/mol. The van der Waals surface area contributed by atoms with Crippen LogP contribution in [0.3, 0.4) is 0 Å². The van der Waals surface area contributed by atoms with Gasteiger partial charge in [-0.05, 0) is 110 Å². The summed E-state index contributed by atoms with van der Waals surface area (Å²) in [5.74, 6) is 0.445. The van der Waals surface area contributed by atoms with Crippen LogP contribution in [0.4, 0.5) is 14.5 Å². The van der Waals surface area contributed by atoms with Gasteiger partial charge in [0.15, 0.2) is 0 Å². The average Bonchev–Trinajstić information content (AvgIpc) is 3.38. The van der Waals surface area contributed by atoms with Crippen molar-refractivity contribution in [2.75, 3.05) is 18.4 Å². The van der Waals surface area contributed by atoms with Crippen molar-refractivity contribution in [2.45, 2.75) is 39.3 Å². The molecule has 0 saturated carbocycles. The first kappa shape index (κ1) is 26.0. The van der Waals surface area contributed by atoms with Gasteiger partial charge in [-0.3, -0.25) is 10.00 Å². The maximum absolute atomic E-state index is 15.0. The minimum Gasteiger partial charge on any atom is -0.439 e. The van der Waals surface area contributed by atoms with Crippen LogP contribution in [0, 0.1) is 18.6 Å². The summed E-state index contributed by atoms with van der Waals surface area (Å²) in [5.41, 5.74) is 6.13. The summed E-state index contributed by atoms with van der Waals surface area (Å²) >= 11 is 0. The number of anilines is 1. The molecule has 6 nitrogen and oxygen atoms in total. The number of fused-ring (bicyclic) bond motifs is 1. The van der Waals surface area contributed by atoms with Crippen molar-refractivity contribution in [1.29, 1.82) is 0 Å². The van der Waals surface area contributed by atoms with E-state index in [2.05, 4.69) is 37.5 Å². The van der Waals surface area contributed by atoms with Crippen molar-refractivity contribution in [3.63, 3.8) is 0 Å². The predicted molar refractivity (Wildman–Crippen MR) is 153 cm³/mol. The molecule has 2 N–H and O–H groups in total. The van der Waals surface area contributed by atoms with Crippen LogP contribution < -0.4 is 10.1 Å². The SMILES string of the molecule is Cc1c(F)cc(CN2CCCCC2)cc1-c1ccc2n[nH]c(CNc3ccc(Oc4ccc(F)cc4)nc3)c2c1. The van der Waals surface area contributed by atoms with E-state index in [1.165, 1.54) is 31.4 Å². The molecule has 0 radical (unpaired) electrons. The number of pyridine rings is 1. The average molecular weight is 540 g/mol. The van der Waals surface area contributed by atoms with Gasteiger partial charge in [0.2, 0.25) is 5.88 Å². The number of piperidine rings is 1. The molecular weight excluding hydrogens is 508 g/mol. The number of nitrogens with one attached hydrogen (secondary N) is 2. The molecule has 3 aromatic carbocycles. The molecule has 0 aliphatic carbocycles. The van der Waals surface area contributed by atoms with Crippen LogP contribution >= 0.6 is 0 Å². The summed E-state index contributed by atoms with van der Waals surface area (Å²) in [6.45, 7) is 5.26. The molecular formula is C32H31F2N5O. The predicted octanol–water partition coefficient (Wildman–Crippen LogP) is 7.60. The lowest BCUT2D eigenvalue weighted by Gasteiger charge is -2.26. The Balaban J connectivity index is 1.18. The van der Waals surface area contributed by atoms with E-state index in [1.807, 2.05) is 25.1 Å². The number of hydrogen-bond acceptors (Lipinski definition) is 5. The van der Waals surface area contributed by atoms with E-state index >= 15 is 4.39 Å². The molecule has 5 aromatic rings. The van der Waals surface area contributed by atoms with Crippen molar-refractivity contribution in [1.82, 2.24) is 20.1 Å². The molecule has 8 heteroatoms. The number of benzene rings is 3. The fourth-order valence-electron chi connectivity index (χ4n) is 5.23. The van der Waals surface area contributed by atoms with Gasteiger partial charge in [0.1, 0.15) is 17.4 Å². The lowest BCUT2D eigenvalue weighted by molar-refractivity contribution is 0.220. The molecule has 6 rings (SSSR count). The first-order valence-electron chi connectivity index (χ1n) is 13.6.